The van der Waals surface area contributed by atoms with Crippen molar-refractivity contribution >= 4 is 31.9 Å². The number of nitrogens with one attached hydrogen (secondary N) is 1. The van der Waals surface area contributed by atoms with Crippen molar-refractivity contribution in [1.29, 1.82) is 0 Å². The molecular weight excluding hydrogens is 322 g/mol. The second-order valence-corrected chi connectivity index (χ2v) is 6.34. The molecule has 7 heteroatoms. The summed E-state index contributed by atoms with van der Waals surface area (Å²) in [7, 11) is -2.25. The lowest BCUT2D eigenvalue weighted by Gasteiger charge is -2.07. The number of benzene rings is 1. The van der Waals surface area contributed by atoms with E-state index in [-0.39, 0.29) is 18.7 Å². The molecule has 0 unspecified atom stereocenters. The van der Waals surface area contributed by atoms with Crippen molar-refractivity contribution in [1.82, 2.24) is 4.72 Å². The number of carbonyl (C=O) groups is 1. The first-order chi connectivity index (χ1) is 8.44. The molecule has 5 nitrogen and oxygen atoms in total. The van der Waals surface area contributed by atoms with Gasteiger partial charge < -0.3 is 4.74 Å². The Morgan fingerprint density at radius 2 is 2.06 bits per heavy atom. The third-order valence-electron chi connectivity index (χ3n) is 2.24. The lowest BCUT2D eigenvalue weighted by Crippen LogP contribution is -2.27. The number of carbonyl (C=O) groups excluding carboxylic acids is 1. The van der Waals surface area contributed by atoms with Crippen molar-refractivity contribution in [2.75, 3.05) is 12.9 Å². The molecule has 1 rings (SSSR count). The Morgan fingerprint density at radius 3 is 2.67 bits per heavy atom. The number of hydrogen-bond acceptors (Lipinski definition) is 4. The van der Waals surface area contributed by atoms with Gasteiger partial charge in [0, 0.05) is 11.0 Å². The molecule has 100 valence electrons. The van der Waals surface area contributed by atoms with Gasteiger partial charge in [-0.25, -0.2) is 13.1 Å². The van der Waals surface area contributed by atoms with E-state index in [1.165, 1.54) is 7.11 Å². The van der Waals surface area contributed by atoms with Gasteiger partial charge in [0.25, 0.3) is 0 Å². The van der Waals surface area contributed by atoms with Gasteiger partial charge in [-0.15, -0.1) is 0 Å². The van der Waals surface area contributed by atoms with Crippen molar-refractivity contribution in [2.24, 2.45) is 0 Å². The summed E-state index contributed by atoms with van der Waals surface area (Å²) in [6, 6.07) is 7.31. The summed E-state index contributed by atoms with van der Waals surface area (Å²) in [5.41, 5.74) is 0.833. The Morgan fingerprint density at radius 1 is 1.39 bits per heavy atom. The molecule has 1 N–H and O–H groups in total. The van der Waals surface area contributed by atoms with E-state index in [0.717, 1.165) is 10.0 Å². The second kappa shape index (κ2) is 6.86. The number of rotatable bonds is 6. The molecule has 1 aromatic carbocycles. The van der Waals surface area contributed by atoms with Crippen LogP contribution in [0.5, 0.6) is 0 Å². The van der Waals surface area contributed by atoms with Crippen LogP contribution in [0.1, 0.15) is 12.0 Å². The number of ether oxygens (including phenoxy) is 1. The first-order valence-electron chi connectivity index (χ1n) is 5.22. The van der Waals surface area contributed by atoms with Gasteiger partial charge in [-0.1, -0.05) is 34.1 Å². The topological polar surface area (TPSA) is 72.5 Å². The summed E-state index contributed by atoms with van der Waals surface area (Å²) >= 11 is 3.33. The molecule has 0 radical (unpaired) electrons. The van der Waals surface area contributed by atoms with Crippen molar-refractivity contribution < 1.29 is 17.9 Å². The molecule has 1 aromatic rings. The molecule has 0 spiro atoms. The van der Waals surface area contributed by atoms with Crippen LogP contribution in [0.4, 0.5) is 0 Å². The van der Waals surface area contributed by atoms with Gasteiger partial charge >= 0.3 is 5.97 Å². The van der Waals surface area contributed by atoms with Gasteiger partial charge in [0.2, 0.25) is 10.0 Å². The number of esters is 1. The first-order valence-corrected chi connectivity index (χ1v) is 7.66. The minimum Gasteiger partial charge on any atom is -0.469 e. The van der Waals surface area contributed by atoms with E-state index in [1.807, 2.05) is 24.3 Å². The third kappa shape index (κ3) is 5.16. The van der Waals surface area contributed by atoms with Crippen LogP contribution in [0.3, 0.4) is 0 Å². The highest BCUT2D eigenvalue weighted by Crippen LogP contribution is 2.15. The zero-order chi connectivity index (χ0) is 13.6. The maximum Gasteiger partial charge on any atom is 0.306 e. The molecule has 0 bridgehead atoms. The molecule has 18 heavy (non-hydrogen) atoms. The van der Waals surface area contributed by atoms with Crippen molar-refractivity contribution in [3.63, 3.8) is 0 Å². The van der Waals surface area contributed by atoms with Gasteiger partial charge in [0.1, 0.15) is 0 Å². The Bertz CT molecular complexity index is 516. The van der Waals surface area contributed by atoms with Crippen molar-refractivity contribution in [3.8, 4) is 0 Å². The smallest absolute Gasteiger partial charge is 0.306 e. The summed E-state index contributed by atoms with van der Waals surface area (Å²) in [4.78, 5) is 10.9. The lowest BCUT2D eigenvalue weighted by atomic mass is 10.2. The molecule has 0 atom stereocenters. The second-order valence-electron chi connectivity index (χ2n) is 3.56. The van der Waals surface area contributed by atoms with E-state index in [0.29, 0.717) is 0 Å². The molecule has 0 amide bonds. The average molecular weight is 336 g/mol. The normalized spacial score (nSPS) is 11.2. The largest absolute Gasteiger partial charge is 0.469 e. The molecular formula is C11H14BrNO4S. The summed E-state index contributed by atoms with van der Waals surface area (Å²) in [6.45, 7) is 0.185. The van der Waals surface area contributed by atoms with Crippen LogP contribution in [-0.4, -0.2) is 27.2 Å². The van der Waals surface area contributed by atoms with Crippen LogP contribution in [-0.2, 0) is 26.1 Å². The maximum absolute atomic E-state index is 11.6. The fourth-order valence-corrected chi connectivity index (χ4v) is 2.60. The van der Waals surface area contributed by atoms with E-state index in [9.17, 15) is 13.2 Å². The SMILES string of the molecule is COC(=O)CCS(=O)(=O)NCc1ccccc1Br. The van der Waals surface area contributed by atoms with Gasteiger partial charge in [-0.05, 0) is 11.6 Å². The van der Waals surface area contributed by atoms with E-state index in [2.05, 4.69) is 25.4 Å². The highest BCUT2D eigenvalue weighted by Gasteiger charge is 2.13. The van der Waals surface area contributed by atoms with Crippen LogP contribution in [0.25, 0.3) is 0 Å². The minimum atomic E-state index is -3.47. The highest BCUT2D eigenvalue weighted by atomic mass is 79.9. The van der Waals surface area contributed by atoms with Gasteiger partial charge in [-0.2, -0.15) is 0 Å². The van der Waals surface area contributed by atoms with E-state index < -0.39 is 16.0 Å². The maximum atomic E-state index is 11.6. The zero-order valence-corrected chi connectivity index (χ0v) is 12.3. The monoisotopic (exact) mass is 335 g/mol. The van der Waals surface area contributed by atoms with Gasteiger partial charge in [0.15, 0.2) is 0 Å². The van der Waals surface area contributed by atoms with E-state index >= 15 is 0 Å². The fourth-order valence-electron chi connectivity index (χ4n) is 1.22. The Labute approximate surface area is 115 Å². The average Bonchev–Trinajstić information content (AvgIpc) is 2.35. The van der Waals surface area contributed by atoms with Crippen LogP contribution in [0.2, 0.25) is 0 Å². The van der Waals surface area contributed by atoms with Crippen molar-refractivity contribution in [2.45, 2.75) is 13.0 Å². The molecule has 0 aliphatic rings. The standard InChI is InChI=1S/C11H14BrNO4S/c1-17-11(14)6-7-18(15,16)13-8-9-4-2-3-5-10(9)12/h2-5,13H,6-8H2,1H3. The van der Waals surface area contributed by atoms with Crippen LogP contribution in [0.15, 0.2) is 28.7 Å². The van der Waals surface area contributed by atoms with Crippen molar-refractivity contribution in [3.05, 3.63) is 34.3 Å². The number of hydrogen-bond donors (Lipinski definition) is 1. The summed E-state index contributed by atoms with van der Waals surface area (Å²) < 4.78 is 30.9. The predicted octanol–water partition coefficient (Wildman–Crippen LogP) is 1.43. The predicted molar refractivity (Wildman–Crippen MR) is 71.4 cm³/mol. The van der Waals surface area contributed by atoms with Gasteiger partial charge in [0.05, 0.1) is 19.3 Å². The Kier molecular flexibility index (Phi) is 5.77. The molecule has 0 heterocycles. The minimum absolute atomic E-state index is 0.151. The molecule has 0 saturated heterocycles. The van der Waals surface area contributed by atoms with Crippen LogP contribution >= 0.6 is 15.9 Å². The zero-order valence-electron chi connectivity index (χ0n) is 9.85. The van der Waals surface area contributed by atoms with E-state index in [1.54, 1.807) is 0 Å². The lowest BCUT2D eigenvalue weighted by molar-refractivity contribution is -0.140. The molecule has 0 fully saturated rings. The quantitative estimate of drug-likeness (QED) is 0.798. The number of halogens is 1. The highest BCUT2D eigenvalue weighted by molar-refractivity contribution is 9.10. The molecule has 0 saturated carbocycles. The Hall–Kier alpha value is -0.920. The van der Waals surface area contributed by atoms with E-state index in [4.69, 9.17) is 0 Å². The summed E-state index contributed by atoms with van der Waals surface area (Å²) in [5.74, 6) is -0.814. The molecule has 0 aromatic heterocycles. The fraction of sp³-hybridized carbons (Fsp3) is 0.364. The van der Waals surface area contributed by atoms with Gasteiger partial charge in [-0.3, -0.25) is 4.79 Å². The number of sulfonamides is 1. The first kappa shape index (κ1) is 15.1. The third-order valence-corrected chi connectivity index (χ3v) is 4.34. The van der Waals surface area contributed by atoms with Crippen LogP contribution < -0.4 is 4.72 Å². The summed E-state index contributed by atoms with van der Waals surface area (Å²) in [5, 5.41) is 0. The summed E-state index contributed by atoms with van der Waals surface area (Å²) in [6.07, 6.45) is -0.151. The molecule has 0 aliphatic carbocycles. The number of methoxy groups -OCH3 is 1. The Balaban J connectivity index is 2.52. The molecule has 0 aliphatic heterocycles. The van der Waals surface area contributed by atoms with Crippen LogP contribution in [0, 0.1) is 0 Å².